The number of likely N-dealkylation sites (N-methyl/N-ethyl adjacent to an activating group) is 1. The maximum absolute atomic E-state index is 14.8. The first-order valence-electron chi connectivity index (χ1n) is 13.3. The lowest BCUT2D eigenvalue weighted by Crippen LogP contribution is -2.34. The topological polar surface area (TPSA) is 80.5 Å². The number of benzene rings is 3. The third-order valence-electron chi connectivity index (χ3n) is 7.59. The van der Waals surface area contributed by atoms with Crippen molar-refractivity contribution in [1.29, 1.82) is 5.41 Å². The molecule has 1 aromatic heterocycles. The van der Waals surface area contributed by atoms with Crippen LogP contribution < -0.4 is 5.32 Å². The van der Waals surface area contributed by atoms with Crippen molar-refractivity contribution in [3.05, 3.63) is 106 Å². The Hall–Kier alpha value is -4.21. The first-order chi connectivity index (χ1) is 19.8. The molecule has 2 aliphatic rings. The Morgan fingerprint density at radius 3 is 2.48 bits per heavy atom. The number of hydrogen-bond acceptors (Lipinski definition) is 6. The van der Waals surface area contributed by atoms with E-state index in [1.54, 1.807) is 24.4 Å². The Bertz CT molecular complexity index is 1650. The first-order valence-corrected chi connectivity index (χ1v) is 13.7. The average molecular weight is 588 g/mol. The molecule has 3 heterocycles. The number of rotatable bonds is 5. The second-order valence-electron chi connectivity index (χ2n) is 10.4. The number of anilines is 2. The summed E-state index contributed by atoms with van der Waals surface area (Å²) in [6, 6.07) is 17.0. The number of fused-ring (bicyclic) bond motifs is 3. The molecule has 0 spiro atoms. The average Bonchev–Trinajstić information content (AvgIpc) is 3.41. The van der Waals surface area contributed by atoms with Crippen molar-refractivity contribution >= 4 is 34.8 Å². The van der Waals surface area contributed by atoms with Gasteiger partial charge < -0.3 is 15.1 Å². The van der Waals surface area contributed by atoms with Gasteiger partial charge in [0.25, 0.3) is 0 Å². The predicted octanol–water partition coefficient (Wildman–Crippen LogP) is 6.77. The summed E-state index contributed by atoms with van der Waals surface area (Å²) in [4.78, 5) is 18.1. The van der Waals surface area contributed by atoms with E-state index >= 15 is 0 Å². The number of hydrogen-bond donors (Lipinski definition) is 2. The summed E-state index contributed by atoms with van der Waals surface area (Å²) < 4.78 is 29.6. The predicted molar refractivity (Wildman–Crippen MR) is 165 cm³/mol. The fraction of sp³-hybridized carbons (Fsp3) is 0.250. The standard InChI is InChI=1S/C31H28ClF2N7.CH4/c1-40(2)22-12-13-41(17-22)30(35)18-6-9-21(10-7-18)38-31-37-16-19-15-36-29(27-25(33)4-3-5-26(27)34)24-14-20(32)8-11-23(24)28(19)39-31;/h3-11,14,16,22,35H,12-13,15,17H2,1-2H3,(H,37,38,39);1H4. The Balaban J connectivity index is 0.00000353. The highest BCUT2D eigenvalue weighted by molar-refractivity contribution is 6.31. The molecule has 0 bridgehead atoms. The fourth-order valence-electron chi connectivity index (χ4n) is 5.31. The van der Waals surface area contributed by atoms with Crippen molar-refractivity contribution in [3.8, 4) is 11.3 Å². The van der Waals surface area contributed by atoms with Gasteiger partial charge in [-0.3, -0.25) is 10.4 Å². The molecular weight excluding hydrogens is 556 g/mol. The van der Waals surface area contributed by atoms with Gasteiger partial charge in [0, 0.05) is 58.3 Å². The van der Waals surface area contributed by atoms with Gasteiger partial charge in [0.2, 0.25) is 5.95 Å². The number of likely N-dealkylation sites (tertiary alicyclic amines) is 1. The molecule has 0 saturated carbocycles. The molecule has 7 nitrogen and oxygen atoms in total. The van der Waals surface area contributed by atoms with Gasteiger partial charge in [-0.25, -0.2) is 18.7 Å². The van der Waals surface area contributed by atoms with Crippen molar-refractivity contribution in [3.63, 3.8) is 0 Å². The van der Waals surface area contributed by atoms with E-state index in [-0.39, 0.29) is 25.2 Å². The molecule has 1 fully saturated rings. The number of aromatic nitrogens is 2. The zero-order valence-electron chi connectivity index (χ0n) is 22.6. The molecule has 1 atom stereocenters. The highest BCUT2D eigenvalue weighted by Crippen LogP contribution is 2.35. The van der Waals surface area contributed by atoms with Crippen LogP contribution in [-0.2, 0) is 6.54 Å². The van der Waals surface area contributed by atoms with Crippen LogP contribution >= 0.6 is 11.6 Å². The molecular formula is C32H32ClF2N7. The van der Waals surface area contributed by atoms with Crippen LogP contribution in [0.4, 0.5) is 20.4 Å². The van der Waals surface area contributed by atoms with Crippen molar-refractivity contribution in [2.45, 2.75) is 26.4 Å². The van der Waals surface area contributed by atoms with Crippen LogP contribution in [0.5, 0.6) is 0 Å². The minimum atomic E-state index is -0.701. The van der Waals surface area contributed by atoms with E-state index in [1.807, 2.05) is 24.3 Å². The minimum Gasteiger partial charge on any atom is -0.355 e. The van der Waals surface area contributed by atoms with E-state index in [9.17, 15) is 8.78 Å². The maximum Gasteiger partial charge on any atom is 0.227 e. The van der Waals surface area contributed by atoms with Crippen molar-refractivity contribution in [2.75, 3.05) is 32.5 Å². The molecule has 2 N–H and O–H groups in total. The summed E-state index contributed by atoms with van der Waals surface area (Å²) in [5, 5.41) is 12.3. The summed E-state index contributed by atoms with van der Waals surface area (Å²) >= 11 is 6.32. The Morgan fingerprint density at radius 1 is 1.05 bits per heavy atom. The maximum atomic E-state index is 14.8. The van der Waals surface area contributed by atoms with Gasteiger partial charge in [0.15, 0.2) is 0 Å². The van der Waals surface area contributed by atoms with Crippen LogP contribution in [0.3, 0.4) is 0 Å². The molecule has 1 saturated heterocycles. The highest BCUT2D eigenvalue weighted by Gasteiger charge is 2.27. The van der Waals surface area contributed by atoms with Gasteiger partial charge in [-0.2, -0.15) is 0 Å². The van der Waals surface area contributed by atoms with Crippen LogP contribution in [0.25, 0.3) is 11.3 Å². The molecule has 2 aliphatic heterocycles. The van der Waals surface area contributed by atoms with Crippen LogP contribution in [0.1, 0.15) is 36.1 Å². The number of amidine groups is 1. The molecule has 216 valence electrons. The van der Waals surface area contributed by atoms with Crippen molar-refractivity contribution in [1.82, 2.24) is 19.8 Å². The summed E-state index contributed by atoms with van der Waals surface area (Å²) in [6.45, 7) is 1.86. The van der Waals surface area contributed by atoms with Gasteiger partial charge in [0.05, 0.1) is 23.5 Å². The van der Waals surface area contributed by atoms with E-state index in [0.717, 1.165) is 36.3 Å². The van der Waals surface area contributed by atoms with E-state index < -0.39 is 11.6 Å². The van der Waals surface area contributed by atoms with Crippen molar-refractivity contribution in [2.24, 2.45) is 4.99 Å². The lowest BCUT2D eigenvalue weighted by atomic mass is 9.95. The number of aliphatic imine (C=N–C) groups is 1. The summed E-state index contributed by atoms with van der Waals surface area (Å²) in [5.74, 6) is -0.526. The molecule has 42 heavy (non-hydrogen) atoms. The lowest BCUT2D eigenvalue weighted by molar-refractivity contribution is 0.301. The van der Waals surface area contributed by atoms with Crippen LogP contribution in [0, 0.1) is 17.0 Å². The molecule has 6 rings (SSSR count). The Morgan fingerprint density at radius 2 is 1.79 bits per heavy atom. The minimum absolute atomic E-state index is 0. The SMILES string of the molecule is C.CN(C)C1CCN(C(=N)c2ccc(Nc3ncc4c(n3)-c3ccc(Cl)cc3C(c3c(F)cccc3F)=NC4)cc2)C1. The third-order valence-corrected chi connectivity index (χ3v) is 7.82. The van der Waals surface area contributed by atoms with E-state index in [0.29, 0.717) is 39.7 Å². The van der Waals surface area contributed by atoms with Gasteiger partial charge in [-0.1, -0.05) is 31.2 Å². The zero-order chi connectivity index (χ0) is 28.7. The lowest BCUT2D eigenvalue weighted by Gasteiger charge is -2.22. The third kappa shape index (κ3) is 5.62. The Kier molecular flexibility index (Phi) is 8.34. The van der Waals surface area contributed by atoms with E-state index in [2.05, 4.69) is 39.2 Å². The summed E-state index contributed by atoms with van der Waals surface area (Å²) in [5.41, 5.74) is 4.05. The quantitative estimate of drug-likeness (QED) is 0.199. The van der Waals surface area contributed by atoms with Crippen LogP contribution in [-0.4, -0.2) is 64.5 Å². The molecule has 0 radical (unpaired) electrons. The van der Waals surface area contributed by atoms with E-state index in [1.165, 1.54) is 18.2 Å². The molecule has 4 aromatic rings. The number of nitrogens with zero attached hydrogens (tertiary/aromatic N) is 5. The van der Waals surface area contributed by atoms with Crippen LogP contribution in [0.2, 0.25) is 5.02 Å². The normalized spacial score (nSPS) is 15.8. The molecule has 10 heteroatoms. The molecule has 0 aliphatic carbocycles. The highest BCUT2D eigenvalue weighted by atomic mass is 35.5. The van der Waals surface area contributed by atoms with Gasteiger partial charge in [-0.05, 0) is 69.0 Å². The number of nitrogens with one attached hydrogen (secondary N) is 2. The Labute approximate surface area is 249 Å². The largest absolute Gasteiger partial charge is 0.355 e. The van der Waals surface area contributed by atoms with Gasteiger partial charge >= 0.3 is 0 Å². The number of halogens is 3. The monoisotopic (exact) mass is 587 g/mol. The first kappa shape index (κ1) is 29.3. The zero-order valence-corrected chi connectivity index (χ0v) is 23.4. The van der Waals surface area contributed by atoms with Gasteiger partial charge in [0.1, 0.15) is 17.5 Å². The second-order valence-corrected chi connectivity index (χ2v) is 10.9. The fourth-order valence-corrected chi connectivity index (χ4v) is 5.48. The molecule has 1 unspecified atom stereocenters. The van der Waals surface area contributed by atoms with Gasteiger partial charge in [-0.15, -0.1) is 0 Å². The summed E-state index contributed by atoms with van der Waals surface area (Å²) in [6.07, 6.45) is 2.72. The second kappa shape index (κ2) is 12.0. The summed E-state index contributed by atoms with van der Waals surface area (Å²) in [7, 11) is 4.15. The van der Waals surface area contributed by atoms with Crippen LogP contribution in [0.15, 0.2) is 71.9 Å². The molecule has 0 amide bonds. The molecule has 3 aromatic carbocycles. The smallest absolute Gasteiger partial charge is 0.227 e. The van der Waals surface area contributed by atoms with E-state index in [4.69, 9.17) is 22.0 Å². The van der Waals surface area contributed by atoms with Crippen molar-refractivity contribution < 1.29 is 8.78 Å².